The summed E-state index contributed by atoms with van der Waals surface area (Å²) < 4.78 is 41.7. The lowest BCUT2D eigenvalue weighted by atomic mass is 9.96. The van der Waals surface area contributed by atoms with Crippen LogP contribution in [0.3, 0.4) is 0 Å². The molecule has 2 aromatic heterocycles. The van der Waals surface area contributed by atoms with E-state index in [-0.39, 0.29) is 11.9 Å². The van der Waals surface area contributed by atoms with Crippen LogP contribution < -0.4 is 0 Å². The number of halogens is 3. The molecule has 1 aliphatic heterocycles. The Labute approximate surface area is 240 Å². The first-order valence-electron chi connectivity index (χ1n) is 13.3. The van der Waals surface area contributed by atoms with E-state index in [0.29, 0.717) is 34.9 Å². The van der Waals surface area contributed by atoms with Crippen molar-refractivity contribution in [1.29, 1.82) is 0 Å². The van der Waals surface area contributed by atoms with Crippen LogP contribution in [0.2, 0.25) is 0 Å². The Balaban J connectivity index is 1.18. The molecule has 0 radical (unpaired) electrons. The molecule has 1 amide bonds. The van der Waals surface area contributed by atoms with E-state index in [0.717, 1.165) is 19.2 Å². The molecule has 0 unspecified atom stereocenters. The van der Waals surface area contributed by atoms with E-state index in [1.165, 1.54) is 27.1 Å². The molecule has 5 nitrogen and oxygen atoms in total. The fraction of sp³-hybridized carbons (Fsp3) is 0.188. The third-order valence-corrected chi connectivity index (χ3v) is 8.22. The number of thiophene rings is 1. The van der Waals surface area contributed by atoms with E-state index in [1.807, 2.05) is 46.7 Å². The average molecular weight is 573 g/mol. The van der Waals surface area contributed by atoms with E-state index >= 15 is 0 Å². The summed E-state index contributed by atoms with van der Waals surface area (Å²) in [7, 11) is 0. The normalized spacial score (nSPS) is 14.5. The molecule has 6 rings (SSSR count). The summed E-state index contributed by atoms with van der Waals surface area (Å²) in [6.07, 6.45) is -4.56. The second kappa shape index (κ2) is 11.3. The molecule has 1 saturated heterocycles. The Morgan fingerprint density at radius 2 is 1.39 bits per heavy atom. The number of alkyl halides is 3. The van der Waals surface area contributed by atoms with Crippen molar-refractivity contribution in [3.63, 3.8) is 0 Å². The molecule has 5 aromatic rings. The summed E-state index contributed by atoms with van der Waals surface area (Å²) in [6.45, 7) is 2.59. The van der Waals surface area contributed by atoms with Crippen LogP contribution in [0.15, 0.2) is 109 Å². The molecule has 1 fully saturated rings. The quantitative estimate of drug-likeness (QED) is 0.217. The van der Waals surface area contributed by atoms with E-state index < -0.39 is 11.9 Å². The predicted octanol–water partition coefficient (Wildman–Crippen LogP) is 7.17. The molecule has 208 valence electrons. The number of carbonyl (C=O) groups is 1. The van der Waals surface area contributed by atoms with Crippen molar-refractivity contribution >= 4 is 17.2 Å². The first-order chi connectivity index (χ1) is 19.9. The topological polar surface area (TPSA) is 41.4 Å². The molecule has 0 N–H and O–H groups in total. The average Bonchev–Trinajstić information content (AvgIpc) is 3.69. The Morgan fingerprint density at radius 1 is 0.780 bits per heavy atom. The third-order valence-electron chi connectivity index (χ3n) is 7.33. The van der Waals surface area contributed by atoms with Gasteiger partial charge >= 0.3 is 6.18 Å². The second-order valence-corrected chi connectivity index (χ2v) is 10.8. The minimum Gasteiger partial charge on any atom is -0.336 e. The van der Waals surface area contributed by atoms with Gasteiger partial charge < -0.3 is 4.90 Å². The second-order valence-electron chi connectivity index (χ2n) is 9.90. The Morgan fingerprint density at radius 3 is 1.93 bits per heavy atom. The lowest BCUT2D eigenvalue weighted by Gasteiger charge is -2.39. The number of benzene rings is 3. The Hall–Kier alpha value is -4.21. The zero-order chi connectivity index (χ0) is 28.4. The van der Waals surface area contributed by atoms with Gasteiger partial charge in [-0.15, -0.1) is 11.3 Å². The van der Waals surface area contributed by atoms with Gasteiger partial charge in [-0.25, -0.2) is 4.68 Å². The first-order valence-corrected chi connectivity index (χ1v) is 14.2. The van der Waals surface area contributed by atoms with Crippen molar-refractivity contribution in [2.24, 2.45) is 0 Å². The van der Waals surface area contributed by atoms with Gasteiger partial charge in [-0.2, -0.15) is 18.3 Å². The van der Waals surface area contributed by atoms with E-state index in [4.69, 9.17) is 0 Å². The number of piperazine rings is 1. The Bertz CT molecular complexity index is 1550. The molecule has 3 heterocycles. The van der Waals surface area contributed by atoms with Crippen LogP contribution in [0.25, 0.3) is 16.3 Å². The maximum atomic E-state index is 13.5. The molecule has 41 heavy (non-hydrogen) atoms. The fourth-order valence-corrected chi connectivity index (χ4v) is 6.04. The highest BCUT2D eigenvalue weighted by molar-refractivity contribution is 7.13. The van der Waals surface area contributed by atoms with Gasteiger partial charge in [-0.1, -0.05) is 66.7 Å². The lowest BCUT2D eigenvalue weighted by molar-refractivity contribution is -0.141. The van der Waals surface area contributed by atoms with Gasteiger partial charge in [0, 0.05) is 31.7 Å². The molecule has 0 atom stereocenters. The molecule has 0 saturated carbocycles. The summed E-state index contributed by atoms with van der Waals surface area (Å²) in [5, 5.41) is 5.65. The molecule has 9 heteroatoms. The van der Waals surface area contributed by atoms with Crippen LogP contribution in [0.5, 0.6) is 0 Å². The number of hydrogen-bond donors (Lipinski definition) is 0. The smallest absolute Gasteiger partial charge is 0.336 e. The molecule has 3 aromatic carbocycles. The van der Waals surface area contributed by atoms with Gasteiger partial charge in [0.25, 0.3) is 5.91 Å². The molecule has 0 bridgehead atoms. The van der Waals surface area contributed by atoms with Crippen molar-refractivity contribution in [2.75, 3.05) is 26.2 Å². The van der Waals surface area contributed by atoms with Gasteiger partial charge in [0.05, 0.1) is 22.3 Å². The monoisotopic (exact) mass is 572 g/mol. The van der Waals surface area contributed by atoms with Crippen molar-refractivity contribution in [3.05, 3.63) is 131 Å². The van der Waals surface area contributed by atoms with Crippen molar-refractivity contribution in [1.82, 2.24) is 19.6 Å². The van der Waals surface area contributed by atoms with Gasteiger partial charge in [-0.05, 0) is 52.9 Å². The zero-order valence-electron chi connectivity index (χ0n) is 22.0. The zero-order valence-corrected chi connectivity index (χ0v) is 22.9. The largest absolute Gasteiger partial charge is 0.435 e. The van der Waals surface area contributed by atoms with E-state index in [9.17, 15) is 18.0 Å². The summed E-state index contributed by atoms with van der Waals surface area (Å²) in [6, 6.07) is 32.1. The summed E-state index contributed by atoms with van der Waals surface area (Å²) in [5.41, 5.74) is 2.77. The molecule has 1 aliphatic rings. The summed E-state index contributed by atoms with van der Waals surface area (Å²) >= 11 is 1.34. The number of nitrogens with zero attached hydrogens (tertiary/aromatic N) is 4. The number of hydrogen-bond acceptors (Lipinski definition) is 4. The molecule has 0 spiro atoms. The number of aromatic nitrogens is 2. The van der Waals surface area contributed by atoms with Crippen molar-refractivity contribution in [3.8, 4) is 16.3 Å². The SMILES string of the molecule is O=C(c1ccc(-n2nc(C(F)(F)F)cc2-c2cccs2)cc1)N1CCN(C(c2ccccc2)c2ccccc2)CC1. The molecular weight excluding hydrogens is 545 g/mol. The first kappa shape index (κ1) is 27.0. The van der Waals surface area contributed by atoms with Gasteiger partial charge in [-0.3, -0.25) is 9.69 Å². The highest BCUT2D eigenvalue weighted by Gasteiger charge is 2.35. The van der Waals surface area contributed by atoms with Crippen LogP contribution in [-0.4, -0.2) is 51.7 Å². The van der Waals surface area contributed by atoms with Gasteiger partial charge in [0.1, 0.15) is 0 Å². The number of rotatable bonds is 6. The van der Waals surface area contributed by atoms with Crippen LogP contribution in [-0.2, 0) is 6.18 Å². The van der Waals surface area contributed by atoms with Crippen molar-refractivity contribution in [2.45, 2.75) is 12.2 Å². The highest BCUT2D eigenvalue weighted by Crippen LogP contribution is 2.35. The number of carbonyl (C=O) groups excluding carboxylic acids is 1. The van der Waals surface area contributed by atoms with Crippen LogP contribution >= 0.6 is 11.3 Å². The minimum absolute atomic E-state index is 0.0953. The molecular formula is C32H27F3N4OS. The third kappa shape index (κ3) is 5.68. The van der Waals surface area contributed by atoms with Crippen LogP contribution in [0.1, 0.15) is 33.2 Å². The van der Waals surface area contributed by atoms with Crippen LogP contribution in [0.4, 0.5) is 13.2 Å². The maximum Gasteiger partial charge on any atom is 0.435 e. The summed E-state index contributed by atoms with van der Waals surface area (Å²) in [4.78, 5) is 18.3. The minimum atomic E-state index is -4.56. The van der Waals surface area contributed by atoms with E-state index in [2.05, 4.69) is 34.3 Å². The van der Waals surface area contributed by atoms with Crippen LogP contribution in [0, 0.1) is 0 Å². The van der Waals surface area contributed by atoms with Gasteiger partial charge in [0.2, 0.25) is 0 Å². The maximum absolute atomic E-state index is 13.5. The summed E-state index contributed by atoms with van der Waals surface area (Å²) in [5.74, 6) is -0.0953. The fourth-order valence-electron chi connectivity index (χ4n) is 5.31. The Kier molecular flexibility index (Phi) is 7.47. The van der Waals surface area contributed by atoms with Gasteiger partial charge in [0.15, 0.2) is 5.69 Å². The highest BCUT2D eigenvalue weighted by atomic mass is 32.1. The predicted molar refractivity (Wildman–Crippen MR) is 154 cm³/mol. The lowest BCUT2D eigenvalue weighted by Crippen LogP contribution is -2.49. The van der Waals surface area contributed by atoms with E-state index in [1.54, 1.807) is 36.4 Å². The number of amides is 1. The molecule has 0 aliphatic carbocycles. The van der Waals surface area contributed by atoms with Crippen molar-refractivity contribution < 1.29 is 18.0 Å². The standard InChI is InChI=1S/C32H27F3N4OS/c33-32(34,35)29-22-27(28-12-7-21-41-28)39(36-29)26-15-13-25(14-16-26)31(40)38-19-17-37(18-20-38)30(23-8-3-1-4-9-23)24-10-5-2-6-11-24/h1-16,21-22,30H,17-20H2.